The van der Waals surface area contributed by atoms with E-state index >= 15 is 0 Å². The van der Waals surface area contributed by atoms with E-state index in [2.05, 4.69) is 0 Å². The van der Waals surface area contributed by atoms with Gasteiger partial charge in [-0.3, -0.25) is 0 Å². The highest BCUT2D eigenvalue weighted by Gasteiger charge is 2.17. The summed E-state index contributed by atoms with van der Waals surface area (Å²) in [7, 11) is -3.62. The molecular weight excluding hydrogens is 289 g/mol. The molecule has 0 amide bonds. The van der Waals surface area contributed by atoms with Crippen LogP contribution in [0.3, 0.4) is 0 Å². The van der Waals surface area contributed by atoms with E-state index in [-0.39, 0.29) is 16.3 Å². The molecule has 0 saturated carbocycles. The Bertz CT molecular complexity index is 716. The zero-order valence-corrected chi connectivity index (χ0v) is 11.4. The van der Waals surface area contributed by atoms with Crippen molar-refractivity contribution >= 4 is 27.1 Å². The fraction of sp³-hybridized carbons (Fsp3) is 0.0769. The molecule has 0 bridgehead atoms. The molecule has 0 aliphatic carbocycles. The van der Waals surface area contributed by atoms with Gasteiger partial charge in [-0.05, 0) is 35.9 Å². The number of sulfone groups is 1. The quantitative estimate of drug-likeness (QED) is 0.886. The first kappa shape index (κ1) is 13.8. The SMILES string of the molecule is Nc1ccc(S(=O)(=O)Cc2cccc(Cl)c2)cc1F. The monoisotopic (exact) mass is 299 g/mol. The summed E-state index contributed by atoms with van der Waals surface area (Å²) in [6, 6.07) is 9.98. The lowest BCUT2D eigenvalue weighted by molar-refractivity contribution is 0.591. The van der Waals surface area contributed by atoms with Crippen LogP contribution in [0.5, 0.6) is 0 Å². The van der Waals surface area contributed by atoms with Crippen molar-refractivity contribution in [3.05, 3.63) is 58.9 Å². The van der Waals surface area contributed by atoms with Gasteiger partial charge in [0.1, 0.15) is 5.82 Å². The third-order valence-electron chi connectivity index (χ3n) is 2.58. The third kappa shape index (κ3) is 3.24. The van der Waals surface area contributed by atoms with Gasteiger partial charge >= 0.3 is 0 Å². The maximum absolute atomic E-state index is 13.3. The Hall–Kier alpha value is -1.59. The van der Waals surface area contributed by atoms with Crippen molar-refractivity contribution in [3.63, 3.8) is 0 Å². The lowest BCUT2D eigenvalue weighted by Crippen LogP contribution is -2.06. The number of anilines is 1. The average Bonchev–Trinajstić information content (AvgIpc) is 2.32. The summed E-state index contributed by atoms with van der Waals surface area (Å²) >= 11 is 5.79. The van der Waals surface area contributed by atoms with Crippen LogP contribution in [0.15, 0.2) is 47.4 Å². The zero-order valence-electron chi connectivity index (χ0n) is 9.81. The number of benzene rings is 2. The summed E-state index contributed by atoms with van der Waals surface area (Å²) in [4.78, 5) is -0.0980. The van der Waals surface area contributed by atoms with Gasteiger partial charge < -0.3 is 5.73 Å². The molecule has 0 radical (unpaired) electrons. The molecule has 0 atom stereocenters. The molecule has 6 heteroatoms. The minimum Gasteiger partial charge on any atom is -0.396 e. The van der Waals surface area contributed by atoms with E-state index in [1.165, 1.54) is 12.1 Å². The van der Waals surface area contributed by atoms with Gasteiger partial charge in [0, 0.05) is 5.02 Å². The third-order valence-corrected chi connectivity index (χ3v) is 4.50. The molecule has 100 valence electrons. The van der Waals surface area contributed by atoms with Crippen LogP contribution in [-0.2, 0) is 15.6 Å². The first-order valence-electron chi connectivity index (χ1n) is 5.41. The maximum Gasteiger partial charge on any atom is 0.182 e. The Morgan fingerprint density at radius 3 is 2.53 bits per heavy atom. The second-order valence-corrected chi connectivity index (χ2v) is 6.50. The van der Waals surface area contributed by atoms with Crippen LogP contribution >= 0.6 is 11.6 Å². The van der Waals surface area contributed by atoms with Crippen molar-refractivity contribution in [2.45, 2.75) is 10.6 Å². The number of halogens is 2. The van der Waals surface area contributed by atoms with Crippen LogP contribution in [0, 0.1) is 5.82 Å². The highest BCUT2D eigenvalue weighted by atomic mass is 35.5. The van der Waals surface area contributed by atoms with Crippen LogP contribution < -0.4 is 5.73 Å². The van der Waals surface area contributed by atoms with Gasteiger partial charge in [-0.25, -0.2) is 12.8 Å². The number of nitrogens with two attached hydrogens (primary N) is 1. The Labute approximate surface area is 115 Å². The number of nitrogen functional groups attached to an aromatic ring is 1. The van der Waals surface area contributed by atoms with E-state index in [1.807, 2.05) is 0 Å². The van der Waals surface area contributed by atoms with Gasteiger partial charge in [0.2, 0.25) is 0 Å². The molecule has 2 aromatic carbocycles. The first-order chi connectivity index (χ1) is 8.88. The van der Waals surface area contributed by atoms with E-state index in [4.69, 9.17) is 17.3 Å². The first-order valence-corrected chi connectivity index (χ1v) is 7.44. The topological polar surface area (TPSA) is 60.2 Å². The van der Waals surface area contributed by atoms with Crippen LogP contribution in [0.4, 0.5) is 10.1 Å². The Balaban J connectivity index is 2.35. The van der Waals surface area contributed by atoms with Crippen LogP contribution in [0.1, 0.15) is 5.56 Å². The predicted molar refractivity (Wildman–Crippen MR) is 73.2 cm³/mol. The summed E-state index contributed by atoms with van der Waals surface area (Å²) < 4.78 is 37.6. The van der Waals surface area contributed by atoms with Crippen molar-refractivity contribution in [1.29, 1.82) is 0 Å². The van der Waals surface area contributed by atoms with E-state index in [0.717, 1.165) is 6.07 Å². The van der Waals surface area contributed by atoms with Gasteiger partial charge in [0.15, 0.2) is 9.84 Å². The lowest BCUT2D eigenvalue weighted by Gasteiger charge is -2.06. The van der Waals surface area contributed by atoms with E-state index in [0.29, 0.717) is 10.6 Å². The summed E-state index contributed by atoms with van der Waals surface area (Å²) in [5, 5.41) is 0.455. The standard InChI is InChI=1S/C13H11ClFNO2S/c14-10-3-1-2-9(6-10)8-19(17,18)11-4-5-13(16)12(15)7-11/h1-7H,8,16H2. The summed E-state index contributed by atoms with van der Waals surface area (Å²) in [6.07, 6.45) is 0. The molecule has 0 fully saturated rings. The molecule has 3 nitrogen and oxygen atoms in total. The molecule has 19 heavy (non-hydrogen) atoms. The van der Waals surface area contributed by atoms with Crippen molar-refractivity contribution in [2.24, 2.45) is 0 Å². The molecule has 2 N–H and O–H groups in total. The van der Waals surface area contributed by atoms with Gasteiger partial charge in [-0.15, -0.1) is 0 Å². The minimum absolute atomic E-state index is 0.0818. The van der Waals surface area contributed by atoms with Crippen molar-refractivity contribution < 1.29 is 12.8 Å². The predicted octanol–water partition coefficient (Wildman–Crippen LogP) is 3.04. The van der Waals surface area contributed by atoms with Crippen LogP contribution in [0.25, 0.3) is 0 Å². The van der Waals surface area contributed by atoms with Gasteiger partial charge in [-0.1, -0.05) is 23.7 Å². The molecule has 0 aliphatic rings. The lowest BCUT2D eigenvalue weighted by atomic mass is 10.2. The highest BCUT2D eigenvalue weighted by Crippen LogP contribution is 2.21. The van der Waals surface area contributed by atoms with Crippen molar-refractivity contribution in [1.82, 2.24) is 0 Å². The van der Waals surface area contributed by atoms with E-state index in [9.17, 15) is 12.8 Å². The Kier molecular flexibility index (Phi) is 3.78. The van der Waals surface area contributed by atoms with Gasteiger partial charge in [-0.2, -0.15) is 0 Å². The summed E-state index contributed by atoms with van der Waals surface area (Å²) in [6.45, 7) is 0. The molecule has 0 aromatic heterocycles. The molecule has 0 unspecified atom stereocenters. The van der Waals surface area contributed by atoms with Gasteiger partial charge in [0.05, 0.1) is 16.3 Å². The molecular formula is C13H11ClFNO2S. The average molecular weight is 300 g/mol. The number of hydrogen-bond acceptors (Lipinski definition) is 3. The van der Waals surface area contributed by atoms with Crippen molar-refractivity contribution in [2.75, 3.05) is 5.73 Å². The van der Waals surface area contributed by atoms with Crippen molar-refractivity contribution in [3.8, 4) is 0 Å². The Morgan fingerprint density at radius 2 is 1.89 bits per heavy atom. The Morgan fingerprint density at radius 1 is 1.16 bits per heavy atom. The highest BCUT2D eigenvalue weighted by molar-refractivity contribution is 7.90. The van der Waals surface area contributed by atoms with Gasteiger partial charge in [0.25, 0.3) is 0 Å². The maximum atomic E-state index is 13.3. The fourth-order valence-corrected chi connectivity index (χ4v) is 3.19. The molecule has 0 heterocycles. The number of hydrogen-bond donors (Lipinski definition) is 1. The second kappa shape index (κ2) is 5.19. The molecule has 2 aromatic rings. The molecule has 0 aliphatic heterocycles. The normalized spacial score (nSPS) is 11.5. The second-order valence-electron chi connectivity index (χ2n) is 4.07. The van der Waals surface area contributed by atoms with Crippen LogP contribution in [-0.4, -0.2) is 8.42 Å². The number of rotatable bonds is 3. The molecule has 0 spiro atoms. The molecule has 2 rings (SSSR count). The largest absolute Gasteiger partial charge is 0.396 e. The zero-order chi connectivity index (χ0) is 14.0. The van der Waals surface area contributed by atoms with E-state index in [1.54, 1.807) is 24.3 Å². The summed E-state index contributed by atoms with van der Waals surface area (Å²) in [5.74, 6) is -0.983. The molecule has 0 saturated heterocycles. The van der Waals surface area contributed by atoms with Crippen LogP contribution in [0.2, 0.25) is 5.02 Å². The van der Waals surface area contributed by atoms with E-state index < -0.39 is 15.7 Å². The summed E-state index contributed by atoms with van der Waals surface area (Å²) in [5.41, 5.74) is 5.78. The minimum atomic E-state index is -3.62. The smallest absolute Gasteiger partial charge is 0.182 e. The fourth-order valence-electron chi connectivity index (χ4n) is 1.63.